The molecule has 1 aromatic heterocycles. The van der Waals surface area contributed by atoms with Crippen molar-refractivity contribution in [3.05, 3.63) is 23.9 Å². The number of pyridine rings is 1. The molecule has 1 aliphatic rings. The second kappa shape index (κ2) is 6.74. The fourth-order valence-electron chi connectivity index (χ4n) is 2.69. The minimum absolute atomic E-state index is 0.538. The summed E-state index contributed by atoms with van der Waals surface area (Å²) in [6, 6.07) is 4.83. The van der Waals surface area contributed by atoms with Gasteiger partial charge in [-0.1, -0.05) is 25.8 Å². The van der Waals surface area contributed by atoms with E-state index < -0.39 is 0 Å². The van der Waals surface area contributed by atoms with E-state index in [0.717, 1.165) is 12.4 Å². The first-order chi connectivity index (χ1) is 8.83. The predicted octanol–water partition coefficient (Wildman–Crippen LogP) is 3.45. The van der Waals surface area contributed by atoms with Crippen molar-refractivity contribution in [2.75, 3.05) is 25.5 Å². The highest BCUT2D eigenvalue weighted by Crippen LogP contribution is 2.32. The third-order valence-electron chi connectivity index (χ3n) is 3.79. The monoisotopic (exact) mass is 247 g/mol. The van der Waals surface area contributed by atoms with Gasteiger partial charge in [0.05, 0.1) is 0 Å². The zero-order valence-corrected chi connectivity index (χ0v) is 11.7. The van der Waals surface area contributed by atoms with Gasteiger partial charge < -0.3 is 5.32 Å². The topological polar surface area (TPSA) is 28.2 Å². The van der Waals surface area contributed by atoms with Crippen LogP contribution in [0.3, 0.4) is 0 Å². The minimum atomic E-state index is 0.538. The molecule has 0 radical (unpaired) electrons. The number of rotatable bonds is 5. The smallest absolute Gasteiger partial charge is 0.130 e. The molecule has 2 rings (SSSR count). The lowest BCUT2D eigenvalue weighted by Gasteiger charge is -2.33. The fraction of sp³-hybridized carbons (Fsp3) is 0.667. The predicted molar refractivity (Wildman–Crippen MR) is 76.9 cm³/mol. The van der Waals surface area contributed by atoms with E-state index in [1.807, 2.05) is 6.20 Å². The zero-order chi connectivity index (χ0) is 12.8. The van der Waals surface area contributed by atoms with Crippen LogP contribution in [0.4, 0.5) is 5.82 Å². The van der Waals surface area contributed by atoms with Crippen LogP contribution in [0.5, 0.6) is 0 Å². The van der Waals surface area contributed by atoms with Crippen molar-refractivity contribution in [1.29, 1.82) is 0 Å². The standard InChI is InChI=1S/C15H25N3/c1-3-4-10-16-15-13(8-7-11-17-15)14-9-5-6-12-18(14)2/h7-8,11,14H,3-6,9-10,12H2,1-2H3,(H,16,17)/t14-/m1/s1. The Morgan fingerprint density at radius 2 is 2.33 bits per heavy atom. The number of aromatic nitrogens is 1. The third-order valence-corrected chi connectivity index (χ3v) is 3.79. The molecule has 0 aromatic carbocycles. The number of nitrogens with one attached hydrogen (secondary N) is 1. The molecule has 18 heavy (non-hydrogen) atoms. The summed E-state index contributed by atoms with van der Waals surface area (Å²) in [7, 11) is 2.23. The first-order valence-electron chi connectivity index (χ1n) is 7.22. The van der Waals surface area contributed by atoms with E-state index in [1.165, 1.54) is 44.2 Å². The van der Waals surface area contributed by atoms with Crippen LogP contribution in [0.2, 0.25) is 0 Å². The van der Waals surface area contributed by atoms with Crippen LogP contribution in [0, 0.1) is 0 Å². The number of likely N-dealkylation sites (tertiary alicyclic amines) is 1. The zero-order valence-electron chi connectivity index (χ0n) is 11.7. The molecule has 2 heterocycles. The van der Waals surface area contributed by atoms with Gasteiger partial charge in [-0.25, -0.2) is 4.98 Å². The summed E-state index contributed by atoms with van der Waals surface area (Å²) in [4.78, 5) is 6.99. The highest BCUT2D eigenvalue weighted by atomic mass is 15.1. The Balaban J connectivity index is 2.10. The van der Waals surface area contributed by atoms with E-state index in [2.05, 4.69) is 41.3 Å². The van der Waals surface area contributed by atoms with Gasteiger partial charge in [0.2, 0.25) is 0 Å². The van der Waals surface area contributed by atoms with Gasteiger partial charge in [-0.2, -0.15) is 0 Å². The summed E-state index contributed by atoms with van der Waals surface area (Å²) < 4.78 is 0. The first-order valence-corrected chi connectivity index (χ1v) is 7.22. The molecule has 3 nitrogen and oxygen atoms in total. The van der Waals surface area contributed by atoms with Crippen molar-refractivity contribution in [2.45, 2.75) is 45.1 Å². The van der Waals surface area contributed by atoms with Crippen molar-refractivity contribution in [1.82, 2.24) is 9.88 Å². The number of anilines is 1. The van der Waals surface area contributed by atoms with Crippen LogP contribution in [0.1, 0.15) is 50.6 Å². The van der Waals surface area contributed by atoms with Crippen LogP contribution < -0.4 is 5.32 Å². The Bertz CT molecular complexity index is 365. The summed E-state index contributed by atoms with van der Waals surface area (Å²) in [5.74, 6) is 1.09. The van der Waals surface area contributed by atoms with Crippen molar-refractivity contribution < 1.29 is 0 Å². The second-order valence-corrected chi connectivity index (χ2v) is 5.21. The fourth-order valence-corrected chi connectivity index (χ4v) is 2.69. The van der Waals surface area contributed by atoms with Gasteiger partial charge in [0.25, 0.3) is 0 Å². The Morgan fingerprint density at radius 1 is 1.44 bits per heavy atom. The molecule has 0 spiro atoms. The average Bonchev–Trinajstić information content (AvgIpc) is 2.40. The van der Waals surface area contributed by atoms with Crippen molar-refractivity contribution in [3.63, 3.8) is 0 Å². The highest BCUT2D eigenvalue weighted by Gasteiger charge is 2.23. The van der Waals surface area contributed by atoms with E-state index >= 15 is 0 Å². The summed E-state index contributed by atoms with van der Waals surface area (Å²) in [6.45, 7) is 4.45. The summed E-state index contributed by atoms with van der Waals surface area (Å²) in [5, 5.41) is 3.49. The molecule has 0 unspecified atom stereocenters. The van der Waals surface area contributed by atoms with E-state index in [9.17, 15) is 0 Å². The molecular weight excluding hydrogens is 222 g/mol. The number of unbranched alkanes of at least 4 members (excludes halogenated alkanes) is 1. The van der Waals surface area contributed by atoms with Gasteiger partial charge in [0.15, 0.2) is 0 Å². The molecule has 0 bridgehead atoms. The van der Waals surface area contributed by atoms with E-state index in [-0.39, 0.29) is 0 Å². The Morgan fingerprint density at radius 3 is 3.11 bits per heavy atom. The van der Waals surface area contributed by atoms with Gasteiger partial charge in [0.1, 0.15) is 5.82 Å². The van der Waals surface area contributed by atoms with Gasteiger partial charge in [-0.3, -0.25) is 4.90 Å². The molecular formula is C15H25N3. The van der Waals surface area contributed by atoms with Crippen LogP contribution in [-0.4, -0.2) is 30.0 Å². The van der Waals surface area contributed by atoms with E-state index in [4.69, 9.17) is 0 Å². The highest BCUT2D eigenvalue weighted by molar-refractivity contribution is 5.45. The molecule has 1 fully saturated rings. The normalized spacial score (nSPS) is 20.9. The maximum Gasteiger partial charge on any atom is 0.130 e. The molecule has 3 heteroatoms. The molecule has 1 N–H and O–H groups in total. The maximum absolute atomic E-state index is 4.52. The van der Waals surface area contributed by atoms with Gasteiger partial charge >= 0.3 is 0 Å². The second-order valence-electron chi connectivity index (χ2n) is 5.21. The van der Waals surface area contributed by atoms with Crippen LogP contribution in [-0.2, 0) is 0 Å². The lowest BCUT2D eigenvalue weighted by Crippen LogP contribution is -2.30. The number of nitrogens with zero attached hydrogens (tertiary/aromatic N) is 2. The summed E-state index contributed by atoms with van der Waals surface area (Å²) in [6.07, 6.45) is 8.23. The Labute approximate surface area is 111 Å². The first kappa shape index (κ1) is 13.3. The molecule has 1 aliphatic heterocycles. The van der Waals surface area contributed by atoms with E-state index in [1.54, 1.807) is 0 Å². The summed E-state index contributed by atoms with van der Waals surface area (Å²) >= 11 is 0. The maximum atomic E-state index is 4.52. The molecule has 0 aliphatic carbocycles. The van der Waals surface area contributed by atoms with Gasteiger partial charge in [-0.05, 0) is 38.9 Å². The average molecular weight is 247 g/mol. The van der Waals surface area contributed by atoms with Crippen molar-refractivity contribution in [3.8, 4) is 0 Å². The van der Waals surface area contributed by atoms with Crippen molar-refractivity contribution >= 4 is 5.82 Å². The molecule has 0 saturated carbocycles. The number of hydrogen-bond donors (Lipinski definition) is 1. The van der Waals surface area contributed by atoms with Gasteiger partial charge in [0, 0.05) is 24.3 Å². The van der Waals surface area contributed by atoms with Crippen molar-refractivity contribution in [2.24, 2.45) is 0 Å². The largest absolute Gasteiger partial charge is 0.370 e. The number of piperidine rings is 1. The molecule has 100 valence electrons. The SMILES string of the molecule is CCCCNc1ncccc1[C@H]1CCCCN1C. The third kappa shape index (κ3) is 3.22. The van der Waals surface area contributed by atoms with Crippen LogP contribution in [0.15, 0.2) is 18.3 Å². The summed E-state index contributed by atoms with van der Waals surface area (Å²) in [5.41, 5.74) is 1.37. The molecule has 1 saturated heterocycles. The molecule has 1 aromatic rings. The lowest BCUT2D eigenvalue weighted by molar-refractivity contribution is 0.187. The van der Waals surface area contributed by atoms with Gasteiger partial charge in [-0.15, -0.1) is 0 Å². The van der Waals surface area contributed by atoms with Crippen LogP contribution >= 0.6 is 0 Å². The lowest BCUT2D eigenvalue weighted by atomic mass is 9.96. The molecule has 0 amide bonds. The Kier molecular flexibility index (Phi) is 5.00. The minimum Gasteiger partial charge on any atom is -0.370 e. The molecule has 1 atom stereocenters. The van der Waals surface area contributed by atoms with E-state index in [0.29, 0.717) is 6.04 Å². The number of hydrogen-bond acceptors (Lipinski definition) is 3. The Hall–Kier alpha value is -1.09. The van der Waals surface area contributed by atoms with Crippen LogP contribution in [0.25, 0.3) is 0 Å². The quantitative estimate of drug-likeness (QED) is 0.808.